The van der Waals surface area contributed by atoms with Crippen molar-refractivity contribution in [1.29, 1.82) is 0 Å². The molecule has 1 fully saturated rings. The molecule has 1 saturated heterocycles. The number of pyridine rings is 1. The third kappa shape index (κ3) is 4.53. The zero-order chi connectivity index (χ0) is 22.8. The van der Waals surface area contributed by atoms with E-state index >= 15 is 0 Å². The Kier molecular flexibility index (Phi) is 6.28. The number of carbonyl (C=O) groups is 1. The molecule has 2 heterocycles. The number of anilines is 1. The first-order valence-electron chi connectivity index (χ1n) is 10.9. The second kappa shape index (κ2) is 9.12. The normalized spacial score (nSPS) is 19.7. The minimum Gasteiger partial charge on any atom is -0.372 e. The molecular weight excluding hydrogens is 409 g/mol. The van der Waals surface area contributed by atoms with Crippen molar-refractivity contribution in [2.75, 3.05) is 18.0 Å². The van der Waals surface area contributed by atoms with Gasteiger partial charge in [-0.2, -0.15) is 0 Å². The van der Waals surface area contributed by atoms with E-state index in [9.17, 15) is 14.0 Å². The molecule has 4 rings (SSSR count). The van der Waals surface area contributed by atoms with Gasteiger partial charge >= 0.3 is 0 Å². The Morgan fingerprint density at radius 2 is 1.88 bits per heavy atom. The van der Waals surface area contributed by atoms with Gasteiger partial charge < -0.3 is 19.5 Å². The third-order valence-electron chi connectivity index (χ3n) is 5.88. The summed E-state index contributed by atoms with van der Waals surface area (Å²) in [5.41, 5.74) is 0.986. The van der Waals surface area contributed by atoms with E-state index in [0.29, 0.717) is 29.7 Å². The molecule has 32 heavy (non-hydrogen) atoms. The van der Waals surface area contributed by atoms with Gasteiger partial charge in [-0.15, -0.1) is 0 Å². The van der Waals surface area contributed by atoms with E-state index in [1.807, 2.05) is 43.0 Å². The van der Waals surface area contributed by atoms with Gasteiger partial charge in [0.1, 0.15) is 11.9 Å². The van der Waals surface area contributed by atoms with Crippen LogP contribution in [0.15, 0.2) is 59.5 Å². The van der Waals surface area contributed by atoms with Crippen LogP contribution in [-0.4, -0.2) is 35.8 Å². The molecule has 0 unspecified atom stereocenters. The number of carbonyl (C=O) groups excluding carboxylic acids is 1. The van der Waals surface area contributed by atoms with Gasteiger partial charge in [0, 0.05) is 31.2 Å². The van der Waals surface area contributed by atoms with Gasteiger partial charge in [-0.05, 0) is 56.0 Å². The Morgan fingerprint density at radius 3 is 2.59 bits per heavy atom. The van der Waals surface area contributed by atoms with E-state index < -0.39 is 6.04 Å². The zero-order valence-electron chi connectivity index (χ0n) is 18.5. The summed E-state index contributed by atoms with van der Waals surface area (Å²) in [6.45, 7) is 7.08. The summed E-state index contributed by atoms with van der Waals surface area (Å²) in [6, 6.07) is 13.4. The summed E-state index contributed by atoms with van der Waals surface area (Å²) in [6.07, 6.45) is 1.71. The summed E-state index contributed by atoms with van der Waals surface area (Å²) in [5, 5.41) is 4.22. The molecule has 3 aromatic rings. The molecule has 3 atom stereocenters. The number of benzene rings is 2. The van der Waals surface area contributed by atoms with Crippen molar-refractivity contribution in [2.45, 2.75) is 45.6 Å². The Labute approximate surface area is 186 Å². The molecule has 1 aliphatic rings. The number of hydrogen-bond acceptors (Lipinski definition) is 4. The number of rotatable bonds is 5. The number of hydrogen-bond donors (Lipinski definition) is 1. The van der Waals surface area contributed by atoms with Gasteiger partial charge in [0.05, 0.1) is 17.9 Å². The lowest BCUT2D eigenvalue weighted by Gasteiger charge is -2.37. The topological polar surface area (TPSA) is 63.6 Å². The number of fused-ring (bicyclic) bond motifs is 1. The van der Waals surface area contributed by atoms with Crippen LogP contribution in [-0.2, 0) is 16.1 Å². The van der Waals surface area contributed by atoms with Crippen LogP contribution >= 0.6 is 0 Å². The Hall–Kier alpha value is -3.19. The summed E-state index contributed by atoms with van der Waals surface area (Å²) in [5.74, 6) is -0.625. The van der Waals surface area contributed by atoms with Gasteiger partial charge in [0.25, 0.3) is 5.56 Å². The Balaban J connectivity index is 1.43. The maximum Gasteiger partial charge on any atom is 0.259 e. The summed E-state index contributed by atoms with van der Waals surface area (Å²) >= 11 is 0. The average Bonchev–Trinajstić information content (AvgIpc) is 2.77. The first-order chi connectivity index (χ1) is 15.3. The smallest absolute Gasteiger partial charge is 0.259 e. The number of nitrogens with one attached hydrogen (secondary N) is 1. The van der Waals surface area contributed by atoms with Crippen molar-refractivity contribution in [3.05, 3.63) is 76.5 Å². The molecule has 0 spiro atoms. The fourth-order valence-electron chi connectivity index (χ4n) is 4.26. The monoisotopic (exact) mass is 437 g/mol. The lowest BCUT2D eigenvalue weighted by Crippen LogP contribution is -2.45. The average molecular weight is 438 g/mol. The molecule has 0 bridgehead atoms. The molecule has 168 valence electrons. The van der Waals surface area contributed by atoms with E-state index in [4.69, 9.17) is 4.74 Å². The van der Waals surface area contributed by atoms with Crippen LogP contribution in [0.3, 0.4) is 0 Å². The molecule has 0 saturated carbocycles. The highest BCUT2D eigenvalue weighted by Gasteiger charge is 2.24. The van der Waals surface area contributed by atoms with Crippen LogP contribution in [0.25, 0.3) is 10.8 Å². The van der Waals surface area contributed by atoms with E-state index in [1.54, 1.807) is 31.3 Å². The number of aromatic nitrogens is 1. The van der Waals surface area contributed by atoms with Crippen LogP contribution in [0.5, 0.6) is 0 Å². The minimum atomic E-state index is -0.687. The molecule has 6 nitrogen and oxygen atoms in total. The van der Waals surface area contributed by atoms with Gasteiger partial charge in [0.15, 0.2) is 0 Å². The van der Waals surface area contributed by atoms with E-state index in [-0.39, 0.29) is 36.0 Å². The highest BCUT2D eigenvalue weighted by atomic mass is 19.1. The molecule has 0 aliphatic carbocycles. The largest absolute Gasteiger partial charge is 0.372 e. The van der Waals surface area contributed by atoms with Crippen molar-refractivity contribution >= 4 is 22.4 Å². The maximum absolute atomic E-state index is 14.8. The zero-order valence-corrected chi connectivity index (χ0v) is 18.5. The van der Waals surface area contributed by atoms with Crippen LogP contribution in [0.1, 0.15) is 32.4 Å². The van der Waals surface area contributed by atoms with Crippen LogP contribution < -0.4 is 15.8 Å². The molecular formula is C25H28FN3O3. The lowest BCUT2D eigenvalue weighted by atomic mass is 10.1. The molecule has 1 aliphatic heterocycles. The number of halogens is 1. The maximum atomic E-state index is 14.8. The highest BCUT2D eigenvalue weighted by molar-refractivity contribution is 5.83. The predicted molar refractivity (Wildman–Crippen MR) is 123 cm³/mol. The first-order valence-corrected chi connectivity index (χ1v) is 10.9. The van der Waals surface area contributed by atoms with Crippen molar-refractivity contribution in [2.24, 2.45) is 0 Å². The van der Waals surface area contributed by atoms with Crippen molar-refractivity contribution in [3.63, 3.8) is 0 Å². The number of nitrogens with zero attached hydrogens (tertiary/aromatic N) is 2. The highest BCUT2D eigenvalue weighted by Crippen LogP contribution is 2.24. The summed E-state index contributed by atoms with van der Waals surface area (Å²) in [4.78, 5) is 27.4. The molecule has 0 radical (unpaired) electrons. The molecule has 1 aromatic heterocycles. The van der Waals surface area contributed by atoms with E-state index in [1.165, 1.54) is 10.6 Å². The third-order valence-corrected chi connectivity index (χ3v) is 5.88. The second-order valence-corrected chi connectivity index (χ2v) is 8.46. The van der Waals surface area contributed by atoms with Crippen LogP contribution in [0.2, 0.25) is 0 Å². The van der Waals surface area contributed by atoms with Crippen molar-refractivity contribution in [3.8, 4) is 0 Å². The van der Waals surface area contributed by atoms with E-state index in [0.717, 1.165) is 5.39 Å². The SMILES string of the molecule is C[C@@H]1CN(c2ccc(CNC(=O)[C@@H](C)n3ccc4ccccc4c3=O)cc2F)C[C@H](C)O1. The Bertz CT molecular complexity index is 1180. The van der Waals surface area contributed by atoms with Crippen molar-refractivity contribution < 1.29 is 13.9 Å². The van der Waals surface area contributed by atoms with E-state index in [2.05, 4.69) is 5.32 Å². The fraction of sp³-hybridized carbons (Fsp3) is 0.360. The number of amides is 1. The molecule has 2 aromatic carbocycles. The summed E-state index contributed by atoms with van der Waals surface area (Å²) < 4.78 is 21.9. The Morgan fingerprint density at radius 1 is 1.16 bits per heavy atom. The van der Waals surface area contributed by atoms with Gasteiger partial charge in [-0.25, -0.2) is 4.39 Å². The first kappa shape index (κ1) is 22.0. The van der Waals surface area contributed by atoms with Crippen LogP contribution in [0, 0.1) is 5.82 Å². The van der Waals surface area contributed by atoms with Crippen LogP contribution in [0.4, 0.5) is 10.1 Å². The molecule has 7 heteroatoms. The fourth-order valence-corrected chi connectivity index (χ4v) is 4.26. The van der Waals surface area contributed by atoms with Gasteiger partial charge in [0.2, 0.25) is 5.91 Å². The van der Waals surface area contributed by atoms with Crippen molar-refractivity contribution in [1.82, 2.24) is 9.88 Å². The number of morpholine rings is 1. The van der Waals surface area contributed by atoms with Gasteiger partial charge in [-0.3, -0.25) is 9.59 Å². The number of ether oxygens (including phenoxy) is 1. The van der Waals surface area contributed by atoms with Gasteiger partial charge in [-0.1, -0.05) is 24.3 Å². The molecule has 1 amide bonds. The minimum absolute atomic E-state index is 0.0390. The summed E-state index contributed by atoms with van der Waals surface area (Å²) in [7, 11) is 0. The lowest BCUT2D eigenvalue weighted by molar-refractivity contribution is -0.124. The quantitative estimate of drug-likeness (QED) is 0.662. The second-order valence-electron chi connectivity index (χ2n) is 8.46. The predicted octanol–water partition coefficient (Wildman–Crippen LogP) is 3.63. The standard InChI is InChI=1S/C25H28FN3O3/c1-16-14-28(15-17(2)32-16)23-9-8-19(12-22(23)26)13-27-24(30)18(3)29-11-10-20-6-4-5-7-21(20)25(29)31/h4-12,16-18H,13-15H2,1-3H3,(H,27,30)/t16-,17+,18-/m1/s1. The molecule has 1 N–H and O–H groups in total.